The number of nitrogens with one attached hydrogen (secondary N) is 2. The van der Waals surface area contributed by atoms with Crippen LogP contribution in [0.4, 0.5) is 5.13 Å². The van der Waals surface area contributed by atoms with Crippen molar-refractivity contribution in [1.29, 1.82) is 0 Å². The molecule has 8 rings (SSSR count). The molecule has 0 saturated carbocycles. The van der Waals surface area contributed by atoms with Crippen LogP contribution in [0.15, 0.2) is 84.0 Å². The molecular formula is C36H32N4O2S. The Kier molecular flexibility index (Phi) is 7.16. The summed E-state index contributed by atoms with van der Waals surface area (Å²) in [6.07, 6.45) is 11.2. The number of pyridine rings is 1. The van der Waals surface area contributed by atoms with Crippen LogP contribution in [0.2, 0.25) is 0 Å². The Bertz CT molecular complexity index is 1710. The molecule has 2 bridgehead atoms. The number of benzene rings is 1. The van der Waals surface area contributed by atoms with Gasteiger partial charge in [-0.25, -0.2) is 4.98 Å². The number of thiazole rings is 1. The summed E-state index contributed by atoms with van der Waals surface area (Å²) in [6, 6.07) is 23.0. The van der Waals surface area contributed by atoms with Gasteiger partial charge in [-0.1, -0.05) is 49.4 Å². The molecule has 0 radical (unpaired) electrons. The van der Waals surface area contributed by atoms with Crippen molar-refractivity contribution >= 4 is 33.9 Å². The van der Waals surface area contributed by atoms with Gasteiger partial charge in [0.05, 0.1) is 11.1 Å². The van der Waals surface area contributed by atoms with Crippen LogP contribution in [0.5, 0.6) is 0 Å². The normalized spacial score (nSPS) is 21.5. The van der Waals surface area contributed by atoms with Gasteiger partial charge in [-0.05, 0) is 90.3 Å². The average molecular weight is 585 g/mol. The van der Waals surface area contributed by atoms with Crippen molar-refractivity contribution in [2.75, 3.05) is 11.9 Å². The molecule has 6 nitrogen and oxygen atoms in total. The SMILES string of the molecule is CCC1(C(=O)Nc2nc(C3=CC(C(=O)NCCc4ccncc4)=CCC3)cs2)CC2c3c#cccc3C1c1ccccc12. The van der Waals surface area contributed by atoms with E-state index in [1.54, 1.807) is 12.4 Å². The van der Waals surface area contributed by atoms with Gasteiger partial charge in [0, 0.05) is 47.3 Å². The molecule has 214 valence electrons. The Hall–Kier alpha value is -4.54. The van der Waals surface area contributed by atoms with Crippen molar-refractivity contribution < 1.29 is 9.59 Å². The zero-order chi connectivity index (χ0) is 29.4. The van der Waals surface area contributed by atoms with Gasteiger partial charge in [-0.15, -0.1) is 11.3 Å². The minimum absolute atomic E-state index is 0.0191. The summed E-state index contributed by atoms with van der Waals surface area (Å²) in [5, 5.41) is 8.81. The van der Waals surface area contributed by atoms with Crippen LogP contribution in [0.25, 0.3) is 5.57 Å². The number of anilines is 1. The van der Waals surface area contributed by atoms with E-state index in [1.165, 1.54) is 33.6 Å². The molecular weight excluding hydrogens is 552 g/mol. The van der Waals surface area contributed by atoms with E-state index in [9.17, 15) is 9.59 Å². The van der Waals surface area contributed by atoms with Crippen LogP contribution in [-0.4, -0.2) is 28.3 Å². The van der Waals surface area contributed by atoms with Crippen LogP contribution >= 0.6 is 11.3 Å². The van der Waals surface area contributed by atoms with E-state index in [0.717, 1.165) is 48.9 Å². The number of rotatable bonds is 8. The van der Waals surface area contributed by atoms with Crippen molar-refractivity contribution in [3.63, 3.8) is 0 Å². The van der Waals surface area contributed by atoms with Crippen LogP contribution in [0.1, 0.15) is 78.0 Å². The number of fused-ring (bicyclic) bond motifs is 1. The molecule has 43 heavy (non-hydrogen) atoms. The topological polar surface area (TPSA) is 84.0 Å². The quantitative estimate of drug-likeness (QED) is 0.244. The Morgan fingerprint density at radius 3 is 2.77 bits per heavy atom. The van der Waals surface area contributed by atoms with Gasteiger partial charge >= 0.3 is 0 Å². The van der Waals surface area contributed by atoms with Gasteiger partial charge in [-0.3, -0.25) is 14.6 Å². The predicted octanol–water partition coefficient (Wildman–Crippen LogP) is 6.62. The highest BCUT2D eigenvalue weighted by molar-refractivity contribution is 7.14. The maximum atomic E-state index is 14.2. The third-order valence-electron chi connectivity index (χ3n) is 9.28. The molecule has 2 amide bonds. The van der Waals surface area contributed by atoms with E-state index in [0.29, 0.717) is 17.2 Å². The van der Waals surface area contributed by atoms with E-state index in [1.807, 2.05) is 35.7 Å². The number of hydrogen-bond acceptors (Lipinski definition) is 5. The maximum Gasteiger partial charge on any atom is 0.250 e. The summed E-state index contributed by atoms with van der Waals surface area (Å²) in [4.78, 5) is 36.0. The number of aromatic nitrogens is 2. The minimum Gasteiger partial charge on any atom is -0.352 e. The van der Waals surface area contributed by atoms with E-state index in [-0.39, 0.29) is 23.7 Å². The van der Waals surface area contributed by atoms with Crippen molar-refractivity contribution in [3.8, 4) is 0 Å². The molecule has 7 heteroatoms. The Balaban J connectivity index is 1.07. The lowest BCUT2D eigenvalue weighted by molar-refractivity contribution is -0.128. The summed E-state index contributed by atoms with van der Waals surface area (Å²) < 4.78 is 0. The Labute approximate surface area is 256 Å². The number of carbonyl (C=O) groups is 2. The summed E-state index contributed by atoms with van der Waals surface area (Å²) in [6.45, 7) is 2.68. The lowest BCUT2D eigenvalue weighted by Crippen LogP contribution is -2.48. The Morgan fingerprint density at radius 2 is 1.93 bits per heavy atom. The molecule has 0 saturated heterocycles. The minimum atomic E-state index is -0.582. The fourth-order valence-electron chi connectivity index (χ4n) is 7.12. The molecule has 4 aliphatic rings. The first kappa shape index (κ1) is 27.3. The fraction of sp³-hybridized carbons (Fsp3) is 0.278. The van der Waals surface area contributed by atoms with Gasteiger partial charge in [0.2, 0.25) is 5.91 Å². The van der Waals surface area contributed by atoms with E-state index in [2.05, 4.69) is 65.0 Å². The average Bonchev–Trinajstić information content (AvgIpc) is 3.53. The molecule has 0 aliphatic heterocycles. The number of amides is 2. The first-order chi connectivity index (χ1) is 21.1. The number of allylic oxidation sites excluding steroid dienone is 2. The molecule has 0 fully saturated rings. The standard InChI is InChI=1S/C36H32N4O2S/c1-2-36(21-30-26-10-3-5-12-28(26)32(36)29-13-6-4-11-27(29)30)34(42)40-35-39-31(22-43-35)24-8-7-9-25(20-24)33(41)38-19-16-23-14-17-37-18-15-23/h3,5-6,9-10,12-15,17-18,20,22,30,32H,2,7-8,16,19,21H2,1H3,(H,38,41)(H,39,40,42). The second-order valence-electron chi connectivity index (χ2n) is 11.5. The second-order valence-corrected chi connectivity index (χ2v) is 12.4. The molecule has 0 spiro atoms. The monoisotopic (exact) mass is 584 g/mol. The van der Waals surface area contributed by atoms with Gasteiger partial charge in [0.25, 0.3) is 5.91 Å². The zero-order valence-corrected chi connectivity index (χ0v) is 24.8. The molecule has 2 aromatic heterocycles. The van der Waals surface area contributed by atoms with Gasteiger partial charge in [-0.2, -0.15) is 0 Å². The van der Waals surface area contributed by atoms with Gasteiger partial charge < -0.3 is 10.6 Å². The number of carbonyl (C=O) groups excluding carboxylic acids is 2. The fourth-order valence-corrected chi connectivity index (χ4v) is 7.85. The van der Waals surface area contributed by atoms with E-state index < -0.39 is 5.41 Å². The highest BCUT2D eigenvalue weighted by atomic mass is 32.1. The third kappa shape index (κ3) is 4.86. The zero-order valence-electron chi connectivity index (χ0n) is 24.0. The van der Waals surface area contributed by atoms with E-state index >= 15 is 0 Å². The Morgan fingerprint density at radius 1 is 1.09 bits per heavy atom. The summed E-state index contributed by atoms with van der Waals surface area (Å²) in [5.41, 5.74) is 7.95. The van der Waals surface area contributed by atoms with Crippen molar-refractivity contribution in [3.05, 3.63) is 130 Å². The van der Waals surface area contributed by atoms with Crippen LogP contribution < -0.4 is 10.6 Å². The lowest BCUT2D eigenvalue weighted by atomic mass is 9.51. The summed E-state index contributed by atoms with van der Waals surface area (Å²) in [5.74, 6) is 0.0257. The van der Waals surface area contributed by atoms with Crippen LogP contribution in [0, 0.1) is 17.5 Å². The third-order valence-corrected chi connectivity index (χ3v) is 10.0. The van der Waals surface area contributed by atoms with Crippen molar-refractivity contribution in [2.24, 2.45) is 5.41 Å². The molecule has 4 aromatic rings. The first-order valence-corrected chi connectivity index (χ1v) is 15.8. The predicted molar refractivity (Wildman–Crippen MR) is 169 cm³/mol. The van der Waals surface area contributed by atoms with Crippen LogP contribution in [-0.2, 0) is 16.0 Å². The highest BCUT2D eigenvalue weighted by Crippen LogP contribution is 2.62. The summed E-state index contributed by atoms with van der Waals surface area (Å²) in [7, 11) is 0. The van der Waals surface area contributed by atoms with Gasteiger partial charge in [0.1, 0.15) is 0 Å². The molecule has 4 aliphatic carbocycles. The molecule has 2 aromatic carbocycles. The highest BCUT2D eigenvalue weighted by Gasteiger charge is 2.56. The first-order valence-electron chi connectivity index (χ1n) is 14.9. The second kappa shape index (κ2) is 11.3. The largest absolute Gasteiger partial charge is 0.352 e. The molecule has 3 unspecified atom stereocenters. The summed E-state index contributed by atoms with van der Waals surface area (Å²) >= 11 is 1.44. The van der Waals surface area contributed by atoms with Gasteiger partial charge in [0.15, 0.2) is 5.13 Å². The van der Waals surface area contributed by atoms with E-state index in [4.69, 9.17) is 4.98 Å². The molecule has 3 atom stereocenters. The van der Waals surface area contributed by atoms with Crippen LogP contribution in [0.3, 0.4) is 0 Å². The lowest BCUT2D eigenvalue weighted by Gasteiger charge is -2.51. The number of nitrogens with zero attached hydrogens (tertiary/aromatic N) is 2. The van der Waals surface area contributed by atoms with Crippen molar-refractivity contribution in [2.45, 2.75) is 50.9 Å². The molecule has 2 N–H and O–H groups in total. The smallest absolute Gasteiger partial charge is 0.250 e. The number of hydrogen-bond donors (Lipinski definition) is 2. The van der Waals surface area contributed by atoms with Crippen molar-refractivity contribution in [1.82, 2.24) is 15.3 Å². The molecule has 2 heterocycles. The maximum absolute atomic E-state index is 14.2.